The van der Waals surface area contributed by atoms with Crippen molar-refractivity contribution in [3.05, 3.63) is 41.0 Å². The van der Waals surface area contributed by atoms with E-state index in [2.05, 4.69) is 12.6 Å². The summed E-state index contributed by atoms with van der Waals surface area (Å²) in [5.74, 6) is 0.509. The van der Waals surface area contributed by atoms with Crippen LogP contribution in [-0.2, 0) is 6.18 Å². The molecule has 0 fully saturated rings. The Morgan fingerprint density at radius 1 is 1.27 bits per heavy atom. The maximum Gasteiger partial charge on any atom is 0.416 e. The molecule has 0 aliphatic rings. The van der Waals surface area contributed by atoms with Crippen LogP contribution in [0.4, 0.5) is 13.2 Å². The van der Waals surface area contributed by atoms with Crippen LogP contribution < -0.4 is 0 Å². The number of aryl methyl sites for hydroxylation is 1. The van der Waals surface area contributed by atoms with E-state index >= 15 is 0 Å². The molecule has 0 amide bonds. The van der Waals surface area contributed by atoms with Crippen molar-refractivity contribution >= 4 is 18.7 Å². The zero-order valence-electron chi connectivity index (χ0n) is 8.17. The summed E-state index contributed by atoms with van der Waals surface area (Å²) in [6.45, 7) is 1.65. The van der Waals surface area contributed by atoms with Gasteiger partial charge in [0.05, 0.1) is 5.56 Å². The predicted molar refractivity (Wildman–Crippen MR) is 59.1 cm³/mol. The zero-order chi connectivity index (χ0) is 11.5. The van der Waals surface area contributed by atoms with Crippen LogP contribution in [0, 0.1) is 6.92 Å². The van der Waals surface area contributed by atoms with Gasteiger partial charge in [-0.2, -0.15) is 25.8 Å². The Morgan fingerprint density at radius 3 is 2.47 bits per heavy atom. The van der Waals surface area contributed by atoms with Gasteiger partial charge < -0.3 is 0 Å². The minimum absolute atomic E-state index is 0.509. The summed E-state index contributed by atoms with van der Waals surface area (Å²) in [4.78, 5) is 0. The smallest absolute Gasteiger partial charge is 0.175 e. The van der Waals surface area contributed by atoms with E-state index in [0.717, 1.165) is 12.1 Å². The molecule has 15 heavy (non-hydrogen) atoms. The quantitative estimate of drug-likeness (QED) is 0.733. The van der Waals surface area contributed by atoms with Gasteiger partial charge in [-0.15, -0.1) is 0 Å². The largest absolute Gasteiger partial charge is 0.416 e. The van der Waals surface area contributed by atoms with Crippen molar-refractivity contribution in [1.82, 2.24) is 0 Å². The monoisotopic (exact) mass is 232 g/mol. The van der Waals surface area contributed by atoms with Gasteiger partial charge in [-0.1, -0.05) is 18.2 Å². The lowest BCUT2D eigenvalue weighted by atomic mass is 10.1. The highest BCUT2D eigenvalue weighted by atomic mass is 32.1. The van der Waals surface area contributed by atoms with Crippen LogP contribution in [-0.4, -0.2) is 5.75 Å². The van der Waals surface area contributed by atoms with Gasteiger partial charge in [0.2, 0.25) is 0 Å². The van der Waals surface area contributed by atoms with Gasteiger partial charge in [0.1, 0.15) is 0 Å². The molecule has 0 radical (unpaired) electrons. The van der Waals surface area contributed by atoms with E-state index in [1.165, 1.54) is 0 Å². The second kappa shape index (κ2) is 4.75. The van der Waals surface area contributed by atoms with E-state index in [-0.39, 0.29) is 0 Å². The highest BCUT2D eigenvalue weighted by Gasteiger charge is 2.30. The molecule has 0 saturated carbocycles. The van der Waals surface area contributed by atoms with E-state index in [0.29, 0.717) is 16.9 Å². The molecule has 0 heterocycles. The Labute approximate surface area is 92.2 Å². The summed E-state index contributed by atoms with van der Waals surface area (Å²) >= 11 is 3.95. The summed E-state index contributed by atoms with van der Waals surface area (Å²) in [5, 5.41) is 0. The molecule has 0 aliphatic heterocycles. The molecule has 82 valence electrons. The summed E-state index contributed by atoms with van der Waals surface area (Å²) in [5.41, 5.74) is 0.543. The Kier molecular flexibility index (Phi) is 3.85. The van der Waals surface area contributed by atoms with E-state index < -0.39 is 11.7 Å². The minimum Gasteiger partial charge on any atom is -0.175 e. The molecular weight excluding hydrogens is 221 g/mol. The second-order valence-electron chi connectivity index (χ2n) is 3.22. The van der Waals surface area contributed by atoms with Crippen molar-refractivity contribution in [1.29, 1.82) is 0 Å². The van der Waals surface area contributed by atoms with Gasteiger partial charge in [-0.25, -0.2) is 0 Å². The van der Waals surface area contributed by atoms with Crippen molar-refractivity contribution in [2.45, 2.75) is 13.1 Å². The molecule has 0 saturated heterocycles. The highest BCUT2D eigenvalue weighted by Crippen LogP contribution is 2.30. The molecule has 0 nitrogen and oxygen atoms in total. The average molecular weight is 232 g/mol. The van der Waals surface area contributed by atoms with Crippen LogP contribution in [0.3, 0.4) is 0 Å². The fraction of sp³-hybridized carbons (Fsp3) is 0.273. The first-order valence-electron chi connectivity index (χ1n) is 4.40. The van der Waals surface area contributed by atoms with Crippen LogP contribution in [0.1, 0.15) is 16.7 Å². The summed E-state index contributed by atoms with van der Waals surface area (Å²) < 4.78 is 37.3. The third kappa shape index (κ3) is 3.63. The summed E-state index contributed by atoms with van der Waals surface area (Å²) in [6, 6.07) is 3.97. The fourth-order valence-corrected chi connectivity index (χ4v) is 1.37. The molecule has 0 aliphatic carbocycles. The molecule has 1 aromatic carbocycles. The van der Waals surface area contributed by atoms with Crippen molar-refractivity contribution < 1.29 is 13.2 Å². The number of benzene rings is 1. The second-order valence-corrected chi connectivity index (χ2v) is 3.58. The van der Waals surface area contributed by atoms with E-state index in [4.69, 9.17) is 0 Å². The average Bonchev–Trinajstić information content (AvgIpc) is 2.12. The minimum atomic E-state index is -4.28. The van der Waals surface area contributed by atoms with Gasteiger partial charge >= 0.3 is 6.18 Å². The van der Waals surface area contributed by atoms with E-state index in [1.807, 2.05) is 0 Å². The lowest BCUT2D eigenvalue weighted by Crippen LogP contribution is -2.05. The van der Waals surface area contributed by atoms with Crippen LogP contribution in [0.25, 0.3) is 6.08 Å². The lowest BCUT2D eigenvalue weighted by Gasteiger charge is -2.08. The number of thiol groups is 1. The first-order valence-corrected chi connectivity index (χ1v) is 5.03. The molecular formula is C11H11F3S. The van der Waals surface area contributed by atoms with E-state index in [9.17, 15) is 13.2 Å². The number of hydrogen-bond donors (Lipinski definition) is 1. The molecule has 0 atom stereocenters. The number of rotatable bonds is 2. The third-order valence-electron chi connectivity index (χ3n) is 1.84. The van der Waals surface area contributed by atoms with Crippen molar-refractivity contribution in [3.63, 3.8) is 0 Å². The number of alkyl halides is 3. The maximum atomic E-state index is 12.4. The van der Waals surface area contributed by atoms with Gasteiger partial charge in [-0.05, 0) is 30.2 Å². The predicted octanol–water partition coefficient (Wildman–Crippen LogP) is 3.96. The first-order chi connectivity index (χ1) is 6.93. The van der Waals surface area contributed by atoms with Crippen molar-refractivity contribution in [3.8, 4) is 0 Å². The molecule has 0 spiro atoms. The molecule has 0 unspecified atom stereocenters. The van der Waals surface area contributed by atoms with Crippen LogP contribution in [0.15, 0.2) is 24.3 Å². The highest BCUT2D eigenvalue weighted by molar-refractivity contribution is 7.80. The van der Waals surface area contributed by atoms with Crippen LogP contribution >= 0.6 is 12.6 Å². The Hall–Kier alpha value is -0.900. The Balaban J connectivity index is 3.11. The first kappa shape index (κ1) is 12.2. The van der Waals surface area contributed by atoms with Crippen LogP contribution in [0.5, 0.6) is 0 Å². The van der Waals surface area contributed by atoms with Crippen LogP contribution in [0.2, 0.25) is 0 Å². The zero-order valence-corrected chi connectivity index (χ0v) is 9.07. The summed E-state index contributed by atoms with van der Waals surface area (Å²) in [7, 11) is 0. The van der Waals surface area contributed by atoms with Crippen molar-refractivity contribution in [2.24, 2.45) is 0 Å². The SMILES string of the molecule is Cc1cc(C=CCS)cc(C(F)(F)F)c1. The Morgan fingerprint density at radius 2 is 1.93 bits per heavy atom. The fourth-order valence-electron chi connectivity index (χ4n) is 1.26. The molecule has 0 N–H and O–H groups in total. The molecule has 0 bridgehead atoms. The molecule has 4 heteroatoms. The standard InChI is InChI=1S/C11H11F3S/c1-8-5-9(3-2-4-15)7-10(6-8)11(12,13)14/h2-3,5-7,15H,4H2,1H3. The molecule has 1 rings (SSSR count). The summed E-state index contributed by atoms with van der Waals surface area (Å²) in [6.07, 6.45) is -0.942. The van der Waals surface area contributed by atoms with Gasteiger partial charge in [0.25, 0.3) is 0 Å². The maximum absolute atomic E-state index is 12.4. The number of halogens is 3. The Bertz CT molecular complexity index is 367. The van der Waals surface area contributed by atoms with Gasteiger partial charge in [0.15, 0.2) is 0 Å². The topological polar surface area (TPSA) is 0 Å². The van der Waals surface area contributed by atoms with Gasteiger partial charge in [0, 0.05) is 5.75 Å². The molecule has 0 aromatic heterocycles. The normalized spacial score (nSPS) is 12.3. The van der Waals surface area contributed by atoms with E-state index in [1.54, 1.807) is 25.1 Å². The van der Waals surface area contributed by atoms with Crippen molar-refractivity contribution in [2.75, 3.05) is 5.75 Å². The van der Waals surface area contributed by atoms with Gasteiger partial charge in [-0.3, -0.25) is 0 Å². The molecule has 1 aromatic rings. The third-order valence-corrected chi connectivity index (χ3v) is 2.05. The lowest BCUT2D eigenvalue weighted by molar-refractivity contribution is -0.137. The number of hydrogen-bond acceptors (Lipinski definition) is 1.